The monoisotopic (exact) mass is 299 g/mol. The van der Waals surface area contributed by atoms with Crippen LogP contribution in [0, 0.1) is 5.82 Å². The summed E-state index contributed by atoms with van der Waals surface area (Å²) in [4.78, 5) is 23.0. The number of carbonyl (C=O) groups excluding carboxylic acids is 2. The van der Waals surface area contributed by atoms with Crippen LogP contribution < -0.4 is 5.32 Å². The molecule has 0 fully saturated rings. The number of esters is 1. The minimum atomic E-state index is -0.646. The summed E-state index contributed by atoms with van der Waals surface area (Å²) >= 11 is 0. The van der Waals surface area contributed by atoms with E-state index < -0.39 is 24.3 Å². The van der Waals surface area contributed by atoms with Gasteiger partial charge in [0.2, 0.25) is 0 Å². The first kappa shape index (κ1) is 15.4. The van der Waals surface area contributed by atoms with Crippen LogP contribution in [0.25, 0.3) is 6.08 Å². The third-order valence-electron chi connectivity index (χ3n) is 2.70. The lowest BCUT2D eigenvalue weighted by Gasteiger charge is -2.06. The molecule has 0 aliphatic rings. The Morgan fingerprint density at radius 2 is 1.73 bits per heavy atom. The lowest BCUT2D eigenvalue weighted by Crippen LogP contribution is -2.20. The van der Waals surface area contributed by atoms with E-state index in [4.69, 9.17) is 4.74 Å². The van der Waals surface area contributed by atoms with Crippen LogP contribution in [0.3, 0.4) is 0 Å². The van der Waals surface area contributed by atoms with Gasteiger partial charge in [0.25, 0.3) is 5.91 Å². The van der Waals surface area contributed by atoms with Crippen LogP contribution >= 0.6 is 0 Å². The van der Waals surface area contributed by atoms with Crippen LogP contribution in [0.2, 0.25) is 0 Å². The van der Waals surface area contributed by atoms with Gasteiger partial charge in [-0.3, -0.25) is 4.79 Å². The number of amides is 1. The van der Waals surface area contributed by atoms with Gasteiger partial charge in [0.1, 0.15) is 5.82 Å². The van der Waals surface area contributed by atoms with Crippen molar-refractivity contribution in [2.75, 3.05) is 11.9 Å². The van der Waals surface area contributed by atoms with Crippen molar-refractivity contribution in [3.8, 4) is 0 Å². The molecule has 2 aromatic carbocycles. The van der Waals surface area contributed by atoms with Gasteiger partial charge >= 0.3 is 5.97 Å². The zero-order valence-corrected chi connectivity index (χ0v) is 11.7. The Morgan fingerprint density at radius 3 is 2.45 bits per heavy atom. The number of hydrogen-bond acceptors (Lipinski definition) is 3. The van der Waals surface area contributed by atoms with E-state index >= 15 is 0 Å². The molecule has 112 valence electrons. The van der Waals surface area contributed by atoms with Crippen molar-refractivity contribution in [3.63, 3.8) is 0 Å². The second-order valence-electron chi connectivity index (χ2n) is 4.38. The number of hydrogen-bond donors (Lipinski definition) is 1. The maximum absolute atomic E-state index is 13.3. The number of benzene rings is 2. The quantitative estimate of drug-likeness (QED) is 0.682. The highest BCUT2D eigenvalue weighted by atomic mass is 19.1. The lowest BCUT2D eigenvalue weighted by molar-refractivity contribution is -0.142. The van der Waals surface area contributed by atoms with Crippen LogP contribution in [0.4, 0.5) is 10.1 Å². The van der Waals surface area contributed by atoms with Gasteiger partial charge < -0.3 is 10.1 Å². The first-order valence-corrected chi connectivity index (χ1v) is 6.59. The lowest BCUT2D eigenvalue weighted by atomic mass is 10.2. The van der Waals surface area contributed by atoms with E-state index in [0.717, 1.165) is 5.56 Å². The molecule has 0 aromatic heterocycles. The molecule has 1 N–H and O–H groups in total. The van der Waals surface area contributed by atoms with Crippen molar-refractivity contribution in [1.82, 2.24) is 0 Å². The molecule has 4 nitrogen and oxygen atoms in total. The molecule has 0 spiro atoms. The summed E-state index contributed by atoms with van der Waals surface area (Å²) in [6.45, 7) is -0.480. The van der Waals surface area contributed by atoms with Crippen LogP contribution in [0.15, 0.2) is 60.7 Å². The summed E-state index contributed by atoms with van der Waals surface area (Å²) in [5, 5.41) is 2.32. The summed E-state index contributed by atoms with van der Waals surface area (Å²) in [6, 6.07) is 15.0. The Morgan fingerprint density at radius 1 is 1.05 bits per heavy atom. The Bertz CT molecular complexity index is 683. The SMILES string of the molecule is O=C(COC(=O)C=Cc1ccccc1)Nc1ccccc1F. The number of ether oxygens (including phenoxy) is 1. The Kier molecular flexibility index (Phi) is 5.43. The van der Waals surface area contributed by atoms with Gasteiger partial charge in [-0.15, -0.1) is 0 Å². The minimum absolute atomic E-state index is 0.0448. The van der Waals surface area contributed by atoms with Gasteiger partial charge in [-0.25, -0.2) is 9.18 Å². The molecule has 22 heavy (non-hydrogen) atoms. The fourth-order valence-electron chi connectivity index (χ4n) is 1.66. The van der Waals surface area contributed by atoms with E-state index in [1.54, 1.807) is 12.1 Å². The predicted molar refractivity (Wildman–Crippen MR) is 81.5 cm³/mol. The number of para-hydroxylation sites is 1. The smallest absolute Gasteiger partial charge is 0.331 e. The van der Waals surface area contributed by atoms with Gasteiger partial charge in [-0.2, -0.15) is 0 Å². The van der Waals surface area contributed by atoms with Crippen molar-refractivity contribution < 1.29 is 18.7 Å². The van der Waals surface area contributed by atoms with E-state index in [9.17, 15) is 14.0 Å². The second kappa shape index (κ2) is 7.73. The number of nitrogens with one attached hydrogen (secondary N) is 1. The summed E-state index contributed by atoms with van der Waals surface area (Å²) in [5.41, 5.74) is 0.888. The van der Waals surface area contributed by atoms with E-state index in [0.29, 0.717) is 0 Å². The van der Waals surface area contributed by atoms with Crippen LogP contribution in [0.5, 0.6) is 0 Å². The second-order valence-corrected chi connectivity index (χ2v) is 4.38. The zero-order chi connectivity index (χ0) is 15.8. The largest absolute Gasteiger partial charge is 0.452 e. The van der Waals surface area contributed by atoms with Crippen LogP contribution in [-0.2, 0) is 14.3 Å². The highest BCUT2D eigenvalue weighted by Gasteiger charge is 2.08. The van der Waals surface area contributed by atoms with Gasteiger partial charge in [-0.1, -0.05) is 42.5 Å². The van der Waals surface area contributed by atoms with Crippen molar-refractivity contribution in [3.05, 3.63) is 72.1 Å². The standard InChI is InChI=1S/C17H14FNO3/c18-14-8-4-5-9-15(14)19-16(20)12-22-17(21)11-10-13-6-2-1-3-7-13/h1-11H,12H2,(H,19,20). The molecule has 0 unspecified atom stereocenters. The van der Waals surface area contributed by atoms with E-state index in [1.807, 2.05) is 30.3 Å². The maximum atomic E-state index is 13.3. The molecule has 2 aromatic rings. The average Bonchev–Trinajstić information content (AvgIpc) is 2.54. The molecule has 0 heterocycles. The molecular formula is C17H14FNO3. The minimum Gasteiger partial charge on any atom is -0.452 e. The molecule has 0 saturated carbocycles. The highest BCUT2D eigenvalue weighted by Crippen LogP contribution is 2.11. The normalized spacial score (nSPS) is 10.4. The van der Waals surface area contributed by atoms with Crippen LogP contribution in [0.1, 0.15) is 5.56 Å². The highest BCUT2D eigenvalue weighted by molar-refractivity contribution is 5.94. The third-order valence-corrected chi connectivity index (χ3v) is 2.70. The van der Waals surface area contributed by atoms with E-state index in [2.05, 4.69) is 5.32 Å². The van der Waals surface area contributed by atoms with Crippen LogP contribution in [-0.4, -0.2) is 18.5 Å². The molecule has 0 aliphatic carbocycles. The first-order chi connectivity index (χ1) is 10.6. The van der Waals surface area contributed by atoms with Gasteiger partial charge in [-0.05, 0) is 23.8 Å². The fraction of sp³-hybridized carbons (Fsp3) is 0.0588. The molecule has 0 radical (unpaired) electrons. The molecule has 0 bridgehead atoms. The Labute approximate surface area is 127 Å². The predicted octanol–water partition coefficient (Wildman–Crippen LogP) is 3.02. The molecular weight excluding hydrogens is 285 g/mol. The summed E-state index contributed by atoms with van der Waals surface area (Å²) in [7, 11) is 0. The van der Waals surface area contributed by atoms with Gasteiger partial charge in [0, 0.05) is 6.08 Å². The topological polar surface area (TPSA) is 55.4 Å². The fourth-order valence-corrected chi connectivity index (χ4v) is 1.66. The molecule has 0 aliphatic heterocycles. The number of halogens is 1. The van der Waals surface area contributed by atoms with Gasteiger partial charge in [0.05, 0.1) is 5.69 Å². The van der Waals surface area contributed by atoms with E-state index in [1.165, 1.54) is 24.3 Å². The van der Waals surface area contributed by atoms with Crippen molar-refractivity contribution in [1.29, 1.82) is 0 Å². The molecule has 0 atom stereocenters. The molecule has 2 rings (SSSR count). The van der Waals surface area contributed by atoms with Crippen molar-refractivity contribution >= 4 is 23.6 Å². The molecule has 1 amide bonds. The number of carbonyl (C=O) groups is 2. The van der Waals surface area contributed by atoms with Crippen molar-refractivity contribution in [2.24, 2.45) is 0 Å². The maximum Gasteiger partial charge on any atom is 0.331 e. The van der Waals surface area contributed by atoms with E-state index in [-0.39, 0.29) is 5.69 Å². The number of anilines is 1. The van der Waals surface area contributed by atoms with Gasteiger partial charge in [0.15, 0.2) is 6.61 Å². The average molecular weight is 299 g/mol. The number of rotatable bonds is 5. The first-order valence-electron chi connectivity index (χ1n) is 6.59. The zero-order valence-electron chi connectivity index (χ0n) is 11.7. The summed E-state index contributed by atoms with van der Waals surface area (Å²) in [6.07, 6.45) is 2.81. The Balaban J connectivity index is 1.80. The van der Waals surface area contributed by atoms with Crippen molar-refractivity contribution in [2.45, 2.75) is 0 Å². The molecule has 5 heteroatoms. The Hall–Kier alpha value is -2.95. The summed E-state index contributed by atoms with van der Waals surface area (Å²) < 4.78 is 18.1. The summed E-state index contributed by atoms with van der Waals surface area (Å²) in [5.74, 6) is -1.80. The molecule has 0 saturated heterocycles. The third kappa shape index (κ3) is 4.86.